The molecule has 1 heterocycles. The molecule has 1 fully saturated rings. The van der Waals surface area contributed by atoms with E-state index in [4.69, 9.17) is 0 Å². The molecule has 0 bridgehead atoms. The van der Waals surface area contributed by atoms with Crippen LogP contribution in [-0.4, -0.2) is 44.4 Å². The molecule has 20 heavy (non-hydrogen) atoms. The molecule has 120 valence electrons. The van der Waals surface area contributed by atoms with Crippen LogP contribution in [0.25, 0.3) is 0 Å². The molecule has 0 aromatic heterocycles. The zero-order chi connectivity index (χ0) is 15.2. The predicted octanol–water partition coefficient (Wildman–Crippen LogP) is 1.72. The van der Waals surface area contributed by atoms with Crippen molar-refractivity contribution in [2.45, 2.75) is 58.9 Å². The summed E-state index contributed by atoms with van der Waals surface area (Å²) in [7, 11) is -3.34. The Morgan fingerprint density at radius 3 is 2.30 bits per heavy atom. The van der Waals surface area contributed by atoms with Crippen LogP contribution in [0.2, 0.25) is 0 Å². The molecule has 0 atom stereocenters. The number of piperidine rings is 1. The second-order valence-electron chi connectivity index (χ2n) is 6.39. The van der Waals surface area contributed by atoms with Crippen molar-refractivity contribution in [2.24, 2.45) is 5.92 Å². The molecule has 5 nitrogen and oxygen atoms in total. The highest BCUT2D eigenvalue weighted by molar-refractivity contribution is 7.87. The predicted molar refractivity (Wildman–Crippen MR) is 83.9 cm³/mol. The second-order valence-corrected chi connectivity index (χ2v) is 8.06. The van der Waals surface area contributed by atoms with Crippen molar-refractivity contribution in [3.05, 3.63) is 0 Å². The summed E-state index contributed by atoms with van der Waals surface area (Å²) >= 11 is 0. The summed E-state index contributed by atoms with van der Waals surface area (Å²) in [5, 5.41) is 3.34. The van der Waals surface area contributed by atoms with Gasteiger partial charge in [0, 0.05) is 18.6 Å². The molecule has 1 aliphatic rings. The van der Waals surface area contributed by atoms with Gasteiger partial charge in [0.05, 0.1) is 0 Å². The Balaban J connectivity index is 2.50. The highest BCUT2D eigenvalue weighted by atomic mass is 32.2. The maximum absolute atomic E-state index is 12.4. The lowest BCUT2D eigenvalue weighted by molar-refractivity contribution is 0.261. The maximum atomic E-state index is 12.4. The molecule has 1 saturated heterocycles. The van der Waals surface area contributed by atoms with Crippen LogP contribution >= 0.6 is 0 Å². The van der Waals surface area contributed by atoms with Gasteiger partial charge in [0.25, 0.3) is 10.2 Å². The summed E-state index contributed by atoms with van der Waals surface area (Å²) in [4.78, 5) is 0. The Bertz CT molecular complexity index is 374. The van der Waals surface area contributed by atoms with E-state index in [1.807, 2.05) is 13.8 Å². The standard InChI is InChI=1S/C14H31N3O2S/c1-5-9-14(3,4)16-20(18,19)17-10-7-13(8-11-17)12-15-6-2/h13,15-16H,5-12H2,1-4H3. The lowest BCUT2D eigenvalue weighted by Gasteiger charge is -2.34. The summed E-state index contributed by atoms with van der Waals surface area (Å²) in [5.74, 6) is 0.602. The van der Waals surface area contributed by atoms with Crippen molar-refractivity contribution in [3.8, 4) is 0 Å². The van der Waals surface area contributed by atoms with E-state index >= 15 is 0 Å². The maximum Gasteiger partial charge on any atom is 0.279 e. The molecular formula is C14H31N3O2S. The van der Waals surface area contributed by atoms with Crippen LogP contribution in [0.1, 0.15) is 53.4 Å². The molecule has 6 heteroatoms. The van der Waals surface area contributed by atoms with Crippen LogP contribution in [0.3, 0.4) is 0 Å². The van der Waals surface area contributed by atoms with Gasteiger partial charge in [-0.05, 0) is 52.1 Å². The van der Waals surface area contributed by atoms with Gasteiger partial charge in [-0.2, -0.15) is 17.4 Å². The zero-order valence-electron chi connectivity index (χ0n) is 13.4. The van der Waals surface area contributed by atoms with Crippen LogP contribution in [0.15, 0.2) is 0 Å². The average Bonchev–Trinajstić information content (AvgIpc) is 2.35. The summed E-state index contributed by atoms with van der Waals surface area (Å²) in [6.45, 7) is 11.3. The van der Waals surface area contributed by atoms with Crippen LogP contribution in [-0.2, 0) is 10.2 Å². The monoisotopic (exact) mass is 305 g/mol. The lowest BCUT2D eigenvalue weighted by atomic mass is 9.98. The second kappa shape index (κ2) is 7.73. The average molecular weight is 305 g/mol. The van der Waals surface area contributed by atoms with Crippen molar-refractivity contribution in [3.63, 3.8) is 0 Å². The first-order chi connectivity index (χ1) is 9.30. The highest BCUT2D eigenvalue weighted by Crippen LogP contribution is 2.20. The van der Waals surface area contributed by atoms with Crippen molar-refractivity contribution >= 4 is 10.2 Å². The van der Waals surface area contributed by atoms with Gasteiger partial charge in [-0.3, -0.25) is 0 Å². The van der Waals surface area contributed by atoms with Crippen LogP contribution in [0.5, 0.6) is 0 Å². The number of hydrogen-bond acceptors (Lipinski definition) is 3. The number of nitrogens with zero attached hydrogens (tertiary/aromatic N) is 1. The molecule has 0 aromatic rings. The fourth-order valence-electron chi connectivity index (χ4n) is 2.79. The molecule has 0 saturated carbocycles. The fraction of sp³-hybridized carbons (Fsp3) is 1.00. The molecule has 1 rings (SSSR count). The molecular weight excluding hydrogens is 274 g/mol. The first-order valence-electron chi connectivity index (χ1n) is 7.80. The van der Waals surface area contributed by atoms with E-state index in [-0.39, 0.29) is 5.54 Å². The minimum atomic E-state index is -3.34. The number of nitrogens with one attached hydrogen (secondary N) is 2. The molecule has 0 radical (unpaired) electrons. The van der Waals surface area contributed by atoms with E-state index in [1.54, 1.807) is 4.31 Å². The van der Waals surface area contributed by atoms with Gasteiger partial charge in [-0.25, -0.2) is 0 Å². The largest absolute Gasteiger partial charge is 0.317 e. The summed E-state index contributed by atoms with van der Waals surface area (Å²) < 4.78 is 29.2. The molecule has 0 unspecified atom stereocenters. The summed E-state index contributed by atoms with van der Waals surface area (Å²) in [6, 6.07) is 0. The van der Waals surface area contributed by atoms with E-state index in [2.05, 4.69) is 23.9 Å². The number of rotatable bonds is 8. The van der Waals surface area contributed by atoms with Crippen molar-refractivity contribution in [1.29, 1.82) is 0 Å². The van der Waals surface area contributed by atoms with Gasteiger partial charge in [0.1, 0.15) is 0 Å². The molecule has 0 aromatic carbocycles. The summed E-state index contributed by atoms with van der Waals surface area (Å²) in [5.41, 5.74) is -0.367. The Morgan fingerprint density at radius 1 is 1.20 bits per heavy atom. The van der Waals surface area contributed by atoms with Gasteiger partial charge in [0.2, 0.25) is 0 Å². The Hall–Kier alpha value is -0.170. The molecule has 0 amide bonds. The third kappa shape index (κ3) is 5.68. The van der Waals surface area contributed by atoms with Gasteiger partial charge in [0.15, 0.2) is 0 Å². The Labute approximate surface area is 124 Å². The SMILES string of the molecule is CCCC(C)(C)NS(=O)(=O)N1CCC(CNCC)CC1. The Morgan fingerprint density at radius 2 is 1.80 bits per heavy atom. The van der Waals surface area contributed by atoms with E-state index in [9.17, 15) is 8.42 Å². The van der Waals surface area contributed by atoms with Gasteiger partial charge in [-0.15, -0.1) is 0 Å². The van der Waals surface area contributed by atoms with Gasteiger partial charge >= 0.3 is 0 Å². The molecule has 1 aliphatic heterocycles. The smallest absolute Gasteiger partial charge is 0.279 e. The topological polar surface area (TPSA) is 61.4 Å². The van der Waals surface area contributed by atoms with E-state index in [0.29, 0.717) is 19.0 Å². The van der Waals surface area contributed by atoms with E-state index in [1.165, 1.54) is 0 Å². The molecule has 0 aliphatic carbocycles. The minimum absolute atomic E-state index is 0.367. The number of hydrogen-bond donors (Lipinski definition) is 2. The zero-order valence-corrected chi connectivity index (χ0v) is 14.2. The molecule has 0 spiro atoms. The Kier molecular flexibility index (Phi) is 6.91. The first-order valence-corrected chi connectivity index (χ1v) is 9.24. The third-order valence-corrected chi connectivity index (χ3v) is 5.73. The van der Waals surface area contributed by atoms with Gasteiger partial charge < -0.3 is 5.32 Å². The van der Waals surface area contributed by atoms with Crippen LogP contribution in [0, 0.1) is 5.92 Å². The van der Waals surface area contributed by atoms with Crippen LogP contribution < -0.4 is 10.0 Å². The quantitative estimate of drug-likeness (QED) is 0.718. The van der Waals surface area contributed by atoms with Gasteiger partial charge in [-0.1, -0.05) is 20.3 Å². The van der Waals surface area contributed by atoms with E-state index < -0.39 is 10.2 Å². The van der Waals surface area contributed by atoms with Crippen molar-refractivity contribution in [2.75, 3.05) is 26.2 Å². The fourth-order valence-corrected chi connectivity index (χ4v) is 4.41. The van der Waals surface area contributed by atoms with Crippen molar-refractivity contribution < 1.29 is 8.42 Å². The summed E-state index contributed by atoms with van der Waals surface area (Å²) in [6.07, 6.45) is 3.72. The normalized spacial score (nSPS) is 19.4. The highest BCUT2D eigenvalue weighted by Gasteiger charge is 2.31. The lowest BCUT2D eigenvalue weighted by Crippen LogP contribution is -2.52. The van der Waals surface area contributed by atoms with Crippen LogP contribution in [0.4, 0.5) is 0 Å². The van der Waals surface area contributed by atoms with Crippen molar-refractivity contribution in [1.82, 2.24) is 14.3 Å². The first kappa shape index (κ1) is 17.9. The minimum Gasteiger partial charge on any atom is -0.317 e. The molecule has 2 N–H and O–H groups in total. The third-order valence-electron chi connectivity index (χ3n) is 3.88. The van der Waals surface area contributed by atoms with E-state index in [0.717, 1.165) is 38.8 Å².